The number of benzene rings is 1. The van der Waals surface area contributed by atoms with Crippen molar-refractivity contribution in [2.45, 2.75) is 25.9 Å². The largest absolute Gasteiger partial charge is 0.388 e. The van der Waals surface area contributed by atoms with Crippen LogP contribution in [-0.2, 0) is 4.74 Å². The van der Waals surface area contributed by atoms with Crippen molar-refractivity contribution in [3.8, 4) is 0 Å². The second kappa shape index (κ2) is 5.70. The number of hydrogen-bond acceptors (Lipinski definition) is 3. The first-order valence-corrected chi connectivity index (χ1v) is 7.10. The van der Waals surface area contributed by atoms with Gasteiger partial charge >= 0.3 is 0 Å². The molecule has 1 aliphatic rings. The van der Waals surface area contributed by atoms with Crippen molar-refractivity contribution >= 4 is 15.9 Å². The van der Waals surface area contributed by atoms with Crippen LogP contribution in [0.3, 0.4) is 0 Å². The molecule has 0 aliphatic carbocycles. The van der Waals surface area contributed by atoms with Crippen LogP contribution >= 0.6 is 15.9 Å². The van der Waals surface area contributed by atoms with E-state index in [4.69, 9.17) is 10.5 Å². The minimum absolute atomic E-state index is 0.335. The van der Waals surface area contributed by atoms with E-state index in [2.05, 4.69) is 15.9 Å². The lowest BCUT2D eigenvalue weighted by molar-refractivity contribution is -0.0782. The topological polar surface area (TPSA) is 55.5 Å². The van der Waals surface area contributed by atoms with Crippen molar-refractivity contribution in [1.82, 2.24) is 0 Å². The monoisotopic (exact) mass is 313 g/mol. The van der Waals surface area contributed by atoms with Crippen LogP contribution in [0.4, 0.5) is 0 Å². The van der Waals surface area contributed by atoms with Gasteiger partial charge in [-0.3, -0.25) is 0 Å². The molecular weight excluding hydrogens is 294 g/mol. The Kier molecular flexibility index (Phi) is 4.43. The van der Waals surface area contributed by atoms with E-state index < -0.39 is 6.10 Å². The molecule has 2 unspecified atom stereocenters. The Morgan fingerprint density at radius 1 is 1.56 bits per heavy atom. The highest BCUT2D eigenvalue weighted by Crippen LogP contribution is 2.40. The third kappa shape index (κ3) is 2.62. The highest BCUT2D eigenvalue weighted by Gasteiger charge is 2.39. The van der Waals surface area contributed by atoms with Crippen molar-refractivity contribution in [2.75, 3.05) is 19.8 Å². The van der Waals surface area contributed by atoms with Crippen LogP contribution in [-0.4, -0.2) is 24.9 Å². The Hall–Kier alpha value is -0.420. The molecule has 1 aliphatic heterocycles. The molecule has 0 spiro atoms. The quantitative estimate of drug-likeness (QED) is 0.901. The van der Waals surface area contributed by atoms with E-state index in [1.54, 1.807) is 0 Å². The summed E-state index contributed by atoms with van der Waals surface area (Å²) in [5, 5.41) is 10.6. The lowest BCUT2D eigenvalue weighted by Gasteiger charge is -2.40. The zero-order chi connectivity index (χ0) is 13.2. The van der Waals surface area contributed by atoms with E-state index in [0.717, 1.165) is 35.0 Å². The lowest BCUT2D eigenvalue weighted by atomic mass is 9.75. The molecule has 18 heavy (non-hydrogen) atoms. The molecule has 0 saturated carbocycles. The van der Waals surface area contributed by atoms with E-state index in [9.17, 15) is 5.11 Å². The number of aliphatic hydroxyl groups is 1. The van der Waals surface area contributed by atoms with Crippen LogP contribution in [0.15, 0.2) is 22.7 Å². The van der Waals surface area contributed by atoms with Gasteiger partial charge in [0.25, 0.3) is 0 Å². The number of aliphatic hydroxyl groups excluding tert-OH is 1. The molecule has 0 radical (unpaired) electrons. The molecular formula is C14H20BrNO2. The second-order valence-electron chi connectivity index (χ2n) is 5.13. The van der Waals surface area contributed by atoms with Crippen LogP contribution in [0.25, 0.3) is 0 Å². The highest BCUT2D eigenvalue weighted by molar-refractivity contribution is 9.10. The Bertz CT molecular complexity index is 416. The van der Waals surface area contributed by atoms with Crippen LogP contribution in [0.1, 0.15) is 30.1 Å². The summed E-state index contributed by atoms with van der Waals surface area (Å²) >= 11 is 3.47. The Labute approximate surface area is 116 Å². The van der Waals surface area contributed by atoms with Gasteiger partial charge in [-0.15, -0.1) is 0 Å². The summed E-state index contributed by atoms with van der Waals surface area (Å²) in [6.07, 6.45) is 1.32. The van der Waals surface area contributed by atoms with E-state index in [-0.39, 0.29) is 5.41 Å². The maximum Gasteiger partial charge on any atom is 0.0880 e. The lowest BCUT2D eigenvalue weighted by Crippen LogP contribution is -2.43. The molecule has 0 bridgehead atoms. The smallest absolute Gasteiger partial charge is 0.0880 e. The maximum atomic E-state index is 10.6. The minimum Gasteiger partial charge on any atom is -0.388 e. The molecule has 1 aromatic rings. The molecule has 100 valence electrons. The summed E-state index contributed by atoms with van der Waals surface area (Å²) < 4.78 is 6.58. The van der Waals surface area contributed by atoms with Gasteiger partial charge in [0.2, 0.25) is 0 Å². The van der Waals surface area contributed by atoms with Crippen molar-refractivity contribution in [3.05, 3.63) is 33.8 Å². The van der Waals surface area contributed by atoms with Crippen LogP contribution in [0.5, 0.6) is 0 Å². The predicted octanol–water partition coefficient (Wildman–Crippen LogP) is 2.55. The molecule has 1 fully saturated rings. The fourth-order valence-electron chi connectivity index (χ4n) is 2.55. The summed E-state index contributed by atoms with van der Waals surface area (Å²) in [6.45, 7) is 3.78. The van der Waals surface area contributed by atoms with E-state index in [1.807, 2.05) is 25.1 Å². The Morgan fingerprint density at radius 2 is 2.33 bits per heavy atom. The van der Waals surface area contributed by atoms with Gasteiger partial charge in [0.1, 0.15) is 0 Å². The average Bonchev–Trinajstić information content (AvgIpc) is 2.42. The van der Waals surface area contributed by atoms with Crippen molar-refractivity contribution < 1.29 is 9.84 Å². The molecule has 2 rings (SSSR count). The van der Waals surface area contributed by atoms with Crippen molar-refractivity contribution in [3.63, 3.8) is 0 Å². The number of halogens is 1. The minimum atomic E-state index is -0.561. The first kappa shape index (κ1) is 14.0. The van der Waals surface area contributed by atoms with Gasteiger partial charge in [-0.25, -0.2) is 0 Å². The van der Waals surface area contributed by atoms with Crippen LogP contribution in [0, 0.1) is 12.3 Å². The summed E-state index contributed by atoms with van der Waals surface area (Å²) in [5.41, 5.74) is 7.60. The molecule has 3 nitrogen and oxygen atoms in total. The number of ether oxygens (including phenoxy) is 1. The van der Waals surface area contributed by atoms with E-state index in [0.29, 0.717) is 13.2 Å². The fraction of sp³-hybridized carbons (Fsp3) is 0.571. The number of hydrogen-bond donors (Lipinski definition) is 2. The van der Waals surface area contributed by atoms with Gasteiger partial charge in [0.15, 0.2) is 0 Å². The summed E-state index contributed by atoms with van der Waals surface area (Å²) in [4.78, 5) is 0. The standard InChI is InChI=1S/C14H20BrNO2/c1-10-7-11(3-4-12(10)15)13(17)14(8-16)5-2-6-18-9-14/h3-4,7,13,17H,2,5-6,8-9,16H2,1H3. The summed E-state index contributed by atoms with van der Waals surface area (Å²) in [7, 11) is 0. The number of nitrogens with two attached hydrogens (primary N) is 1. The number of aryl methyl sites for hydroxylation is 1. The van der Waals surface area contributed by atoms with Crippen LogP contribution in [0.2, 0.25) is 0 Å². The van der Waals surface area contributed by atoms with E-state index in [1.165, 1.54) is 0 Å². The molecule has 4 heteroatoms. The number of rotatable bonds is 3. The van der Waals surface area contributed by atoms with Gasteiger partial charge in [0, 0.05) is 23.0 Å². The predicted molar refractivity (Wildman–Crippen MR) is 75.4 cm³/mol. The Morgan fingerprint density at radius 3 is 2.89 bits per heavy atom. The van der Waals surface area contributed by atoms with Crippen LogP contribution < -0.4 is 5.73 Å². The van der Waals surface area contributed by atoms with Crippen molar-refractivity contribution in [2.24, 2.45) is 11.1 Å². The SMILES string of the molecule is Cc1cc(C(O)C2(CN)CCCOC2)ccc1Br. The summed E-state index contributed by atoms with van der Waals surface area (Å²) in [6, 6.07) is 5.94. The first-order valence-electron chi connectivity index (χ1n) is 6.31. The normalized spacial score (nSPS) is 26.0. The van der Waals surface area contributed by atoms with Gasteiger partial charge in [-0.2, -0.15) is 0 Å². The fourth-order valence-corrected chi connectivity index (χ4v) is 2.80. The molecule has 0 amide bonds. The average molecular weight is 314 g/mol. The second-order valence-corrected chi connectivity index (χ2v) is 5.99. The molecule has 1 aromatic carbocycles. The molecule has 1 saturated heterocycles. The van der Waals surface area contributed by atoms with Crippen molar-refractivity contribution in [1.29, 1.82) is 0 Å². The van der Waals surface area contributed by atoms with Gasteiger partial charge < -0.3 is 15.6 Å². The molecule has 1 heterocycles. The molecule has 0 aromatic heterocycles. The zero-order valence-electron chi connectivity index (χ0n) is 10.7. The third-order valence-electron chi connectivity index (χ3n) is 3.84. The van der Waals surface area contributed by atoms with Gasteiger partial charge in [-0.05, 0) is 37.0 Å². The van der Waals surface area contributed by atoms with Gasteiger partial charge in [0.05, 0.1) is 12.7 Å². The summed E-state index contributed by atoms with van der Waals surface area (Å²) in [5.74, 6) is 0. The van der Waals surface area contributed by atoms with Gasteiger partial charge in [-0.1, -0.05) is 28.1 Å². The third-order valence-corrected chi connectivity index (χ3v) is 4.73. The Balaban J connectivity index is 2.27. The van der Waals surface area contributed by atoms with E-state index >= 15 is 0 Å². The zero-order valence-corrected chi connectivity index (χ0v) is 12.2. The first-order chi connectivity index (χ1) is 8.59. The highest BCUT2D eigenvalue weighted by atomic mass is 79.9. The molecule has 3 N–H and O–H groups in total. The molecule has 2 atom stereocenters. The maximum absolute atomic E-state index is 10.6.